The standard InChI is InChI=1S/C16H26N2OS/c1-6-16(5)14(19)18(9-8-15(2,3)4)13(17-16)12-7-10-20-11-12/h7,10-11,13,17H,6,8-9H2,1-5H3. The van der Waals surface area contributed by atoms with Gasteiger partial charge < -0.3 is 4.90 Å². The molecule has 0 aliphatic carbocycles. The fourth-order valence-electron chi connectivity index (χ4n) is 2.51. The molecular weight excluding hydrogens is 268 g/mol. The molecule has 0 radical (unpaired) electrons. The lowest BCUT2D eigenvalue weighted by atomic mass is 9.91. The molecule has 1 N–H and O–H groups in total. The summed E-state index contributed by atoms with van der Waals surface area (Å²) in [5.74, 6) is 0.237. The maximum absolute atomic E-state index is 12.7. The van der Waals surface area contributed by atoms with Crippen molar-refractivity contribution in [2.75, 3.05) is 6.54 Å². The van der Waals surface area contributed by atoms with Gasteiger partial charge in [0.15, 0.2) is 0 Å². The van der Waals surface area contributed by atoms with Gasteiger partial charge >= 0.3 is 0 Å². The second-order valence-electron chi connectivity index (χ2n) is 7.10. The van der Waals surface area contributed by atoms with Crippen LogP contribution in [0.15, 0.2) is 16.8 Å². The lowest BCUT2D eigenvalue weighted by molar-refractivity contribution is -0.133. The van der Waals surface area contributed by atoms with Crippen LogP contribution in [-0.4, -0.2) is 22.9 Å². The highest BCUT2D eigenvalue weighted by Gasteiger charge is 2.47. The highest BCUT2D eigenvalue weighted by atomic mass is 32.1. The van der Waals surface area contributed by atoms with E-state index in [2.05, 4.69) is 49.8 Å². The van der Waals surface area contributed by atoms with Crippen molar-refractivity contribution in [2.45, 2.75) is 59.2 Å². The Morgan fingerprint density at radius 3 is 2.65 bits per heavy atom. The van der Waals surface area contributed by atoms with Crippen LogP contribution in [0.3, 0.4) is 0 Å². The average Bonchev–Trinajstić information content (AvgIpc) is 2.96. The Labute approximate surface area is 126 Å². The van der Waals surface area contributed by atoms with E-state index in [1.807, 2.05) is 11.8 Å². The van der Waals surface area contributed by atoms with Crippen LogP contribution in [0.2, 0.25) is 0 Å². The Kier molecular flexibility index (Phi) is 4.26. The molecule has 1 aliphatic heterocycles. The van der Waals surface area contributed by atoms with Gasteiger partial charge in [-0.2, -0.15) is 11.3 Å². The van der Waals surface area contributed by atoms with Crippen molar-refractivity contribution in [3.63, 3.8) is 0 Å². The van der Waals surface area contributed by atoms with E-state index in [-0.39, 0.29) is 17.5 Å². The molecule has 1 amide bonds. The number of rotatable bonds is 4. The highest BCUT2D eigenvalue weighted by molar-refractivity contribution is 7.07. The van der Waals surface area contributed by atoms with Gasteiger partial charge in [-0.25, -0.2) is 0 Å². The monoisotopic (exact) mass is 294 g/mol. The van der Waals surface area contributed by atoms with E-state index in [1.54, 1.807) is 11.3 Å². The summed E-state index contributed by atoms with van der Waals surface area (Å²) in [5.41, 5.74) is 1.02. The zero-order valence-electron chi connectivity index (χ0n) is 13.2. The van der Waals surface area contributed by atoms with E-state index in [0.29, 0.717) is 0 Å². The molecule has 112 valence electrons. The second-order valence-corrected chi connectivity index (χ2v) is 7.88. The number of thiophene rings is 1. The van der Waals surface area contributed by atoms with Gasteiger partial charge in [-0.1, -0.05) is 27.7 Å². The van der Waals surface area contributed by atoms with Crippen LogP contribution in [0.1, 0.15) is 59.2 Å². The second kappa shape index (κ2) is 5.49. The number of carbonyl (C=O) groups is 1. The average molecular weight is 294 g/mol. The predicted octanol–water partition coefficient (Wildman–Crippen LogP) is 3.78. The van der Waals surface area contributed by atoms with Crippen molar-refractivity contribution >= 4 is 17.2 Å². The molecule has 2 unspecified atom stereocenters. The number of nitrogens with one attached hydrogen (secondary N) is 1. The van der Waals surface area contributed by atoms with Crippen molar-refractivity contribution in [1.29, 1.82) is 0 Å². The van der Waals surface area contributed by atoms with Gasteiger partial charge in [-0.3, -0.25) is 10.1 Å². The van der Waals surface area contributed by atoms with Crippen molar-refractivity contribution in [3.8, 4) is 0 Å². The van der Waals surface area contributed by atoms with E-state index in [4.69, 9.17) is 0 Å². The molecule has 3 nitrogen and oxygen atoms in total. The molecule has 0 spiro atoms. The summed E-state index contributed by atoms with van der Waals surface area (Å²) in [6.45, 7) is 11.6. The Morgan fingerprint density at radius 2 is 2.15 bits per heavy atom. The Bertz CT molecular complexity index is 463. The maximum Gasteiger partial charge on any atom is 0.244 e. The molecule has 0 bridgehead atoms. The van der Waals surface area contributed by atoms with Gasteiger partial charge in [-0.15, -0.1) is 0 Å². The van der Waals surface area contributed by atoms with Gasteiger partial charge in [0.2, 0.25) is 5.91 Å². The van der Waals surface area contributed by atoms with E-state index < -0.39 is 5.54 Å². The molecule has 2 heterocycles. The molecule has 1 aliphatic rings. The minimum absolute atomic E-state index is 0.0288. The highest BCUT2D eigenvalue weighted by Crippen LogP contribution is 2.34. The first-order chi connectivity index (χ1) is 9.27. The summed E-state index contributed by atoms with van der Waals surface area (Å²) in [5, 5.41) is 7.75. The van der Waals surface area contributed by atoms with Crippen molar-refractivity contribution in [1.82, 2.24) is 10.2 Å². The Hall–Kier alpha value is -0.870. The summed E-state index contributed by atoms with van der Waals surface area (Å²) < 4.78 is 0. The van der Waals surface area contributed by atoms with Gasteiger partial charge in [0.25, 0.3) is 0 Å². The van der Waals surface area contributed by atoms with E-state index in [1.165, 1.54) is 5.56 Å². The SMILES string of the molecule is CCC1(C)NC(c2ccsc2)N(CCC(C)(C)C)C1=O. The minimum atomic E-state index is -0.426. The summed E-state index contributed by atoms with van der Waals surface area (Å²) in [4.78, 5) is 14.8. The Balaban J connectivity index is 2.22. The third-order valence-electron chi connectivity index (χ3n) is 4.17. The zero-order valence-corrected chi connectivity index (χ0v) is 14.0. The molecule has 1 aromatic rings. The molecule has 1 saturated heterocycles. The normalized spacial score (nSPS) is 27.4. The first kappa shape index (κ1) is 15.5. The summed E-state index contributed by atoms with van der Waals surface area (Å²) in [6.07, 6.45) is 1.86. The van der Waals surface area contributed by atoms with Crippen molar-refractivity contribution in [2.24, 2.45) is 5.41 Å². The quantitative estimate of drug-likeness (QED) is 0.916. The van der Waals surface area contributed by atoms with Crippen LogP contribution in [0.4, 0.5) is 0 Å². The lowest BCUT2D eigenvalue weighted by Crippen LogP contribution is -2.43. The smallest absolute Gasteiger partial charge is 0.244 e. The number of amides is 1. The first-order valence-electron chi connectivity index (χ1n) is 7.38. The lowest BCUT2D eigenvalue weighted by Gasteiger charge is -2.27. The zero-order chi connectivity index (χ0) is 15.0. The van der Waals surface area contributed by atoms with E-state index in [9.17, 15) is 4.79 Å². The molecule has 0 saturated carbocycles. The van der Waals surface area contributed by atoms with Gasteiger partial charge in [0.1, 0.15) is 6.17 Å². The number of carbonyl (C=O) groups excluding carboxylic acids is 1. The summed E-state index contributed by atoms with van der Waals surface area (Å²) in [7, 11) is 0. The van der Waals surface area contributed by atoms with Gasteiger partial charge in [-0.05, 0) is 47.6 Å². The number of hydrogen-bond acceptors (Lipinski definition) is 3. The molecule has 1 fully saturated rings. The van der Waals surface area contributed by atoms with Crippen LogP contribution in [0, 0.1) is 5.41 Å². The molecule has 2 atom stereocenters. The fraction of sp³-hybridized carbons (Fsp3) is 0.688. The maximum atomic E-state index is 12.7. The largest absolute Gasteiger partial charge is 0.321 e. The van der Waals surface area contributed by atoms with Crippen molar-refractivity contribution < 1.29 is 4.79 Å². The fourth-order valence-corrected chi connectivity index (χ4v) is 3.19. The number of hydrogen-bond donors (Lipinski definition) is 1. The van der Waals surface area contributed by atoms with Crippen LogP contribution in [0.25, 0.3) is 0 Å². The van der Waals surface area contributed by atoms with Crippen molar-refractivity contribution in [3.05, 3.63) is 22.4 Å². The van der Waals surface area contributed by atoms with Crippen LogP contribution in [-0.2, 0) is 4.79 Å². The van der Waals surface area contributed by atoms with Crippen LogP contribution < -0.4 is 5.32 Å². The third kappa shape index (κ3) is 3.07. The summed E-state index contributed by atoms with van der Waals surface area (Å²) >= 11 is 1.68. The topological polar surface area (TPSA) is 32.3 Å². The number of nitrogens with zero attached hydrogens (tertiary/aromatic N) is 1. The molecule has 1 aromatic heterocycles. The van der Waals surface area contributed by atoms with Crippen LogP contribution in [0.5, 0.6) is 0 Å². The molecule has 0 aromatic carbocycles. The molecule has 2 rings (SSSR count). The minimum Gasteiger partial charge on any atom is -0.321 e. The molecular formula is C16H26N2OS. The summed E-state index contributed by atoms with van der Waals surface area (Å²) in [6, 6.07) is 2.11. The van der Waals surface area contributed by atoms with Gasteiger partial charge in [0, 0.05) is 6.54 Å². The Morgan fingerprint density at radius 1 is 1.45 bits per heavy atom. The van der Waals surface area contributed by atoms with E-state index >= 15 is 0 Å². The molecule has 4 heteroatoms. The van der Waals surface area contributed by atoms with E-state index in [0.717, 1.165) is 19.4 Å². The first-order valence-corrected chi connectivity index (χ1v) is 8.32. The third-order valence-corrected chi connectivity index (χ3v) is 4.87. The van der Waals surface area contributed by atoms with Crippen LogP contribution >= 0.6 is 11.3 Å². The van der Waals surface area contributed by atoms with Gasteiger partial charge in [0.05, 0.1) is 5.54 Å². The predicted molar refractivity (Wildman–Crippen MR) is 84.7 cm³/mol. The molecule has 20 heavy (non-hydrogen) atoms.